The first-order chi connectivity index (χ1) is 17.4. The lowest BCUT2D eigenvalue weighted by Gasteiger charge is -2.43. The Balaban J connectivity index is 1.26. The number of rotatable bonds is 7. The Hall–Kier alpha value is -3.17. The number of ether oxygens (including phenoxy) is 3. The quantitative estimate of drug-likeness (QED) is 0.442. The third kappa shape index (κ3) is 5.32. The predicted molar refractivity (Wildman–Crippen MR) is 135 cm³/mol. The molecule has 0 saturated carbocycles. The fraction of sp³-hybridized carbons (Fsp3) is 0.423. The highest BCUT2D eigenvalue weighted by Gasteiger charge is 2.39. The molecule has 2 fully saturated rings. The minimum Gasteiger partial charge on any atom is -0.493 e. The topological polar surface area (TPSA) is 85.8 Å². The largest absolute Gasteiger partial charge is 0.493 e. The first kappa shape index (κ1) is 24.5. The number of esters is 1. The molecule has 2 aliphatic rings. The molecule has 1 spiro atoms. The standard InChI is InChI=1S/C26H28ClFN4O4/c1-34-22-14-21-18(25(30-16-29-21)31-17-2-3-20(28)19(27)12-17)13-23(22)35-11-9-32-7-4-26(5-8-32)6-10-36-24(33)15-26/h2-3,12-14,16H,4-11,15H2,1H3,(H,29,30,31). The van der Waals surface area contributed by atoms with Crippen LogP contribution < -0.4 is 14.8 Å². The summed E-state index contributed by atoms with van der Waals surface area (Å²) in [5.41, 5.74) is 1.39. The third-order valence-electron chi connectivity index (χ3n) is 7.10. The summed E-state index contributed by atoms with van der Waals surface area (Å²) in [6.07, 6.45) is 4.95. The van der Waals surface area contributed by atoms with E-state index in [0.29, 0.717) is 48.2 Å². The van der Waals surface area contributed by atoms with Gasteiger partial charge in [-0.2, -0.15) is 0 Å². The van der Waals surface area contributed by atoms with E-state index in [0.717, 1.165) is 44.3 Å². The van der Waals surface area contributed by atoms with Crippen molar-refractivity contribution >= 4 is 40.0 Å². The monoisotopic (exact) mass is 514 g/mol. The van der Waals surface area contributed by atoms with E-state index in [2.05, 4.69) is 20.2 Å². The Bertz CT molecular complexity index is 1270. The maximum atomic E-state index is 13.6. The molecule has 0 aliphatic carbocycles. The summed E-state index contributed by atoms with van der Waals surface area (Å²) in [6, 6.07) is 8.05. The number of likely N-dealkylation sites (tertiary alicyclic amines) is 1. The van der Waals surface area contributed by atoms with E-state index < -0.39 is 5.82 Å². The number of anilines is 2. The van der Waals surface area contributed by atoms with Gasteiger partial charge in [0.2, 0.25) is 0 Å². The second-order valence-electron chi connectivity index (χ2n) is 9.33. The fourth-order valence-electron chi connectivity index (χ4n) is 4.94. The van der Waals surface area contributed by atoms with E-state index in [1.807, 2.05) is 12.1 Å². The number of halogens is 2. The lowest BCUT2D eigenvalue weighted by atomic mass is 9.72. The minimum atomic E-state index is -0.486. The molecule has 190 valence electrons. The van der Waals surface area contributed by atoms with Gasteiger partial charge in [0.05, 0.1) is 30.7 Å². The molecule has 2 aliphatic heterocycles. The van der Waals surface area contributed by atoms with Gasteiger partial charge in [0, 0.05) is 23.7 Å². The van der Waals surface area contributed by atoms with Gasteiger partial charge < -0.3 is 19.5 Å². The number of aromatic nitrogens is 2. The highest BCUT2D eigenvalue weighted by atomic mass is 35.5. The molecule has 2 aromatic carbocycles. The molecule has 2 saturated heterocycles. The molecule has 0 amide bonds. The second kappa shape index (κ2) is 10.4. The van der Waals surface area contributed by atoms with E-state index in [4.69, 9.17) is 25.8 Å². The van der Waals surface area contributed by atoms with Gasteiger partial charge in [-0.3, -0.25) is 9.69 Å². The van der Waals surface area contributed by atoms with Crippen LogP contribution >= 0.6 is 11.6 Å². The normalized spacial score (nSPS) is 17.7. The smallest absolute Gasteiger partial charge is 0.306 e. The maximum Gasteiger partial charge on any atom is 0.306 e. The summed E-state index contributed by atoms with van der Waals surface area (Å²) in [6.45, 7) is 3.67. The average molecular weight is 515 g/mol. The molecule has 36 heavy (non-hydrogen) atoms. The number of benzene rings is 2. The van der Waals surface area contributed by atoms with Gasteiger partial charge in [0.15, 0.2) is 11.5 Å². The lowest BCUT2D eigenvalue weighted by Crippen LogP contribution is -2.45. The Morgan fingerprint density at radius 3 is 2.75 bits per heavy atom. The molecule has 0 radical (unpaired) electrons. The van der Waals surface area contributed by atoms with Gasteiger partial charge in [-0.15, -0.1) is 0 Å². The molecule has 8 nitrogen and oxygen atoms in total. The fourth-order valence-corrected chi connectivity index (χ4v) is 5.12. The zero-order valence-electron chi connectivity index (χ0n) is 20.1. The number of fused-ring (bicyclic) bond motifs is 1. The summed E-state index contributed by atoms with van der Waals surface area (Å²) in [5, 5.41) is 3.94. The van der Waals surface area contributed by atoms with E-state index in [-0.39, 0.29) is 16.4 Å². The Kier molecular flexibility index (Phi) is 7.11. The van der Waals surface area contributed by atoms with Crippen molar-refractivity contribution < 1.29 is 23.4 Å². The number of hydrogen-bond donors (Lipinski definition) is 1. The van der Waals surface area contributed by atoms with Crippen LogP contribution in [0.2, 0.25) is 5.02 Å². The van der Waals surface area contributed by atoms with E-state index in [1.54, 1.807) is 13.2 Å². The summed E-state index contributed by atoms with van der Waals surface area (Å²) < 4.78 is 30.4. The molecule has 1 aromatic heterocycles. The first-order valence-electron chi connectivity index (χ1n) is 12.0. The first-order valence-corrected chi connectivity index (χ1v) is 12.4. The second-order valence-corrected chi connectivity index (χ2v) is 9.74. The van der Waals surface area contributed by atoms with Crippen LogP contribution in [-0.2, 0) is 9.53 Å². The number of methoxy groups -OCH3 is 1. The molecule has 3 aromatic rings. The van der Waals surface area contributed by atoms with Crippen molar-refractivity contribution in [1.29, 1.82) is 0 Å². The van der Waals surface area contributed by atoms with Crippen molar-refractivity contribution in [2.45, 2.75) is 25.7 Å². The van der Waals surface area contributed by atoms with E-state index >= 15 is 0 Å². The van der Waals surface area contributed by atoms with Crippen LogP contribution in [0.15, 0.2) is 36.7 Å². The number of cyclic esters (lactones) is 1. The highest BCUT2D eigenvalue weighted by Crippen LogP contribution is 2.41. The summed E-state index contributed by atoms with van der Waals surface area (Å²) in [5.74, 6) is 1.16. The van der Waals surface area contributed by atoms with Gasteiger partial charge in [0.1, 0.15) is 24.6 Å². The van der Waals surface area contributed by atoms with Crippen LogP contribution in [0.3, 0.4) is 0 Å². The molecular formula is C26H28ClFN4O4. The van der Waals surface area contributed by atoms with Crippen LogP contribution in [0, 0.1) is 11.2 Å². The van der Waals surface area contributed by atoms with Crippen LogP contribution in [-0.4, -0.2) is 60.8 Å². The number of carbonyl (C=O) groups is 1. The number of nitrogens with zero attached hydrogens (tertiary/aromatic N) is 3. The Morgan fingerprint density at radius 1 is 1.17 bits per heavy atom. The average Bonchev–Trinajstić information content (AvgIpc) is 2.87. The molecule has 3 heterocycles. The molecule has 0 bridgehead atoms. The van der Waals surface area contributed by atoms with Crippen molar-refractivity contribution in [3.8, 4) is 11.5 Å². The van der Waals surface area contributed by atoms with Gasteiger partial charge in [-0.1, -0.05) is 11.6 Å². The van der Waals surface area contributed by atoms with Gasteiger partial charge in [-0.05, 0) is 62.0 Å². The summed E-state index contributed by atoms with van der Waals surface area (Å²) in [7, 11) is 1.59. The minimum absolute atomic E-state index is 0.0242. The summed E-state index contributed by atoms with van der Waals surface area (Å²) in [4.78, 5) is 22.8. The van der Waals surface area contributed by atoms with E-state index in [1.165, 1.54) is 18.5 Å². The maximum absolute atomic E-state index is 13.6. The number of nitrogens with one attached hydrogen (secondary N) is 1. The highest BCUT2D eigenvalue weighted by molar-refractivity contribution is 6.31. The molecular weight excluding hydrogens is 487 g/mol. The van der Waals surface area contributed by atoms with Crippen LogP contribution in [0.4, 0.5) is 15.9 Å². The van der Waals surface area contributed by atoms with Crippen molar-refractivity contribution in [3.63, 3.8) is 0 Å². The van der Waals surface area contributed by atoms with Gasteiger partial charge in [-0.25, -0.2) is 14.4 Å². The lowest BCUT2D eigenvalue weighted by molar-refractivity contribution is -0.155. The number of hydrogen-bond acceptors (Lipinski definition) is 8. The van der Waals surface area contributed by atoms with Crippen LogP contribution in [0.25, 0.3) is 10.9 Å². The number of carbonyl (C=O) groups excluding carboxylic acids is 1. The SMILES string of the molecule is COc1cc2ncnc(Nc3ccc(F)c(Cl)c3)c2cc1OCCN1CCC2(CCOC(=O)C2)CC1. The van der Waals surface area contributed by atoms with Gasteiger partial charge in [0.25, 0.3) is 0 Å². The van der Waals surface area contributed by atoms with Gasteiger partial charge >= 0.3 is 5.97 Å². The molecule has 10 heteroatoms. The predicted octanol–water partition coefficient (Wildman–Crippen LogP) is 4.97. The Morgan fingerprint density at radius 2 is 2.00 bits per heavy atom. The molecule has 1 N–H and O–H groups in total. The molecule has 0 unspecified atom stereocenters. The summed E-state index contributed by atoms with van der Waals surface area (Å²) >= 11 is 5.92. The molecule has 0 atom stereocenters. The van der Waals surface area contributed by atoms with Crippen molar-refractivity contribution in [2.24, 2.45) is 5.41 Å². The van der Waals surface area contributed by atoms with Crippen molar-refractivity contribution in [3.05, 3.63) is 47.5 Å². The molecule has 5 rings (SSSR count). The van der Waals surface area contributed by atoms with E-state index in [9.17, 15) is 9.18 Å². The van der Waals surface area contributed by atoms with Crippen LogP contribution in [0.5, 0.6) is 11.5 Å². The van der Waals surface area contributed by atoms with Crippen molar-refractivity contribution in [2.75, 3.05) is 45.3 Å². The third-order valence-corrected chi connectivity index (χ3v) is 7.39. The van der Waals surface area contributed by atoms with Crippen molar-refractivity contribution in [1.82, 2.24) is 14.9 Å². The zero-order valence-corrected chi connectivity index (χ0v) is 20.8. The van der Waals surface area contributed by atoms with Crippen LogP contribution in [0.1, 0.15) is 25.7 Å². The Labute approximate surface area is 213 Å². The zero-order chi connectivity index (χ0) is 25.1. The number of piperidine rings is 1.